The SMILES string of the molecule is CCc1ccc(/C=C/C(=O)N(CC)CC(=O)NCc2ccc(Cl)cc2)cc1. The molecule has 0 bridgehead atoms. The van der Waals surface area contributed by atoms with Crippen molar-refractivity contribution in [3.63, 3.8) is 0 Å². The first-order valence-electron chi connectivity index (χ1n) is 9.09. The molecule has 0 unspecified atom stereocenters. The molecule has 0 spiro atoms. The molecule has 0 atom stereocenters. The Bertz CT molecular complexity index is 783. The van der Waals surface area contributed by atoms with Crippen LogP contribution in [0.1, 0.15) is 30.5 Å². The number of likely N-dealkylation sites (N-methyl/N-ethyl adjacent to an activating group) is 1. The van der Waals surface area contributed by atoms with E-state index in [1.807, 2.05) is 43.3 Å². The molecule has 142 valence electrons. The molecule has 0 saturated carbocycles. The highest BCUT2D eigenvalue weighted by Gasteiger charge is 2.13. The maximum Gasteiger partial charge on any atom is 0.247 e. The van der Waals surface area contributed by atoms with Crippen LogP contribution in [0.2, 0.25) is 5.02 Å². The summed E-state index contributed by atoms with van der Waals surface area (Å²) in [4.78, 5) is 26.0. The number of carbonyl (C=O) groups excluding carboxylic acids is 2. The lowest BCUT2D eigenvalue weighted by Crippen LogP contribution is -2.39. The Morgan fingerprint density at radius 2 is 1.63 bits per heavy atom. The molecule has 0 radical (unpaired) electrons. The zero-order valence-electron chi connectivity index (χ0n) is 15.7. The van der Waals surface area contributed by atoms with Crippen LogP contribution in [-0.4, -0.2) is 29.8 Å². The van der Waals surface area contributed by atoms with Gasteiger partial charge in [0.25, 0.3) is 0 Å². The Labute approximate surface area is 165 Å². The first-order chi connectivity index (χ1) is 13.0. The van der Waals surface area contributed by atoms with E-state index >= 15 is 0 Å². The third kappa shape index (κ3) is 6.91. The van der Waals surface area contributed by atoms with Crippen LogP contribution < -0.4 is 5.32 Å². The fourth-order valence-electron chi connectivity index (χ4n) is 2.52. The van der Waals surface area contributed by atoms with E-state index in [2.05, 4.69) is 12.2 Å². The molecule has 2 amide bonds. The topological polar surface area (TPSA) is 49.4 Å². The summed E-state index contributed by atoms with van der Waals surface area (Å²) in [7, 11) is 0. The van der Waals surface area contributed by atoms with Crippen LogP contribution in [0.5, 0.6) is 0 Å². The van der Waals surface area contributed by atoms with Gasteiger partial charge < -0.3 is 10.2 Å². The average molecular weight is 385 g/mol. The second kappa shape index (κ2) is 10.5. The zero-order valence-corrected chi connectivity index (χ0v) is 16.5. The lowest BCUT2D eigenvalue weighted by Gasteiger charge is -2.18. The molecule has 0 fully saturated rings. The number of nitrogens with one attached hydrogen (secondary N) is 1. The Morgan fingerprint density at radius 3 is 2.22 bits per heavy atom. The fraction of sp³-hybridized carbons (Fsp3) is 0.273. The fourth-order valence-corrected chi connectivity index (χ4v) is 2.64. The van der Waals surface area contributed by atoms with Crippen LogP contribution in [0.3, 0.4) is 0 Å². The molecule has 0 aliphatic heterocycles. The summed E-state index contributed by atoms with van der Waals surface area (Å²) in [5.74, 6) is -0.375. The van der Waals surface area contributed by atoms with Crippen molar-refractivity contribution in [2.24, 2.45) is 0 Å². The van der Waals surface area contributed by atoms with Crippen molar-refractivity contribution >= 4 is 29.5 Å². The number of hydrogen-bond donors (Lipinski definition) is 1. The molecule has 2 aromatic carbocycles. The predicted molar refractivity (Wildman–Crippen MR) is 110 cm³/mol. The lowest BCUT2D eigenvalue weighted by molar-refractivity contribution is -0.132. The lowest BCUT2D eigenvalue weighted by atomic mass is 10.1. The number of hydrogen-bond acceptors (Lipinski definition) is 2. The Morgan fingerprint density at radius 1 is 1.00 bits per heavy atom. The van der Waals surface area contributed by atoms with E-state index in [1.165, 1.54) is 16.5 Å². The van der Waals surface area contributed by atoms with Crippen LogP contribution in [0.4, 0.5) is 0 Å². The third-order valence-corrected chi connectivity index (χ3v) is 4.49. The van der Waals surface area contributed by atoms with Gasteiger partial charge in [-0.15, -0.1) is 0 Å². The van der Waals surface area contributed by atoms with E-state index in [4.69, 9.17) is 11.6 Å². The van der Waals surface area contributed by atoms with E-state index in [-0.39, 0.29) is 18.4 Å². The van der Waals surface area contributed by atoms with Crippen LogP contribution in [0, 0.1) is 0 Å². The minimum Gasteiger partial charge on any atom is -0.350 e. The Kier molecular flexibility index (Phi) is 8.08. The summed E-state index contributed by atoms with van der Waals surface area (Å²) in [5.41, 5.74) is 3.17. The summed E-state index contributed by atoms with van der Waals surface area (Å²) < 4.78 is 0. The first kappa shape index (κ1) is 20.7. The van der Waals surface area contributed by atoms with Crippen LogP contribution in [0.15, 0.2) is 54.6 Å². The second-order valence-electron chi connectivity index (χ2n) is 6.18. The van der Waals surface area contributed by atoms with Gasteiger partial charge in [0.05, 0.1) is 6.54 Å². The van der Waals surface area contributed by atoms with E-state index < -0.39 is 0 Å². The molecule has 0 heterocycles. The maximum absolute atomic E-state index is 12.4. The predicted octanol–water partition coefficient (Wildman–Crippen LogP) is 4.08. The Hall–Kier alpha value is -2.59. The molecular weight excluding hydrogens is 360 g/mol. The van der Waals surface area contributed by atoms with Gasteiger partial charge in [-0.2, -0.15) is 0 Å². The van der Waals surface area contributed by atoms with Gasteiger partial charge in [-0.1, -0.05) is 54.9 Å². The largest absolute Gasteiger partial charge is 0.350 e. The van der Waals surface area contributed by atoms with E-state index in [0.717, 1.165) is 17.5 Å². The van der Waals surface area contributed by atoms with Crippen LogP contribution in [-0.2, 0) is 22.6 Å². The molecule has 2 rings (SSSR count). The number of amides is 2. The molecule has 4 nitrogen and oxygen atoms in total. The van der Waals surface area contributed by atoms with Gasteiger partial charge in [-0.25, -0.2) is 0 Å². The minimum atomic E-state index is -0.194. The van der Waals surface area contributed by atoms with Gasteiger partial charge in [0, 0.05) is 24.2 Å². The normalized spacial score (nSPS) is 10.8. The second-order valence-corrected chi connectivity index (χ2v) is 6.62. The molecule has 0 aliphatic carbocycles. The highest BCUT2D eigenvalue weighted by molar-refractivity contribution is 6.30. The average Bonchev–Trinajstić information content (AvgIpc) is 2.70. The van der Waals surface area contributed by atoms with Crippen molar-refractivity contribution in [3.8, 4) is 0 Å². The smallest absolute Gasteiger partial charge is 0.247 e. The molecule has 0 saturated heterocycles. The molecule has 1 N–H and O–H groups in total. The molecule has 5 heteroatoms. The monoisotopic (exact) mass is 384 g/mol. The number of carbonyl (C=O) groups is 2. The van der Waals surface area contributed by atoms with Gasteiger partial charge >= 0.3 is 0 Å². The summed E-state index contributed by atoms with van der Waals surface area (Å²) in [5, 5.41) is 3.48. The molecular formula is C22H25ClN2O2. The number of nitrogens with zero attached hydrogens (tertiary/aromatic N) is 1. The highest BCUT2D eigenvalue weighted by atomic mass is 35.5. The Balaban J connectivity index is 1.86. The summed E-state index contributed by atoms with van der Waals surface area (Å²) in [6.07, 6.45) is 4.27. The quantitative estimate of drug-likeness (QED) is 0.697. The van der Waals surface area contributed by atoms with Gasteiger partial charge in [0.1, 0.15) is 0 Å². The van der Waals surface area contributed by atoms with Gasteiger partial charge in [0.15, 0.2) is 0 Å². The van der Waals surface area contributed by atoms with Crippen molar-refractivity contribution in [3.05, 3.63) is 76.3 Å². The van der Waals surface area contributed by atoms with Crippen molar-refractivity contribution in [2.75, 3.05) is 13.1 Å². The van der Waals surface area contributed by atoms with Crippen LogP contribution >= 0.6 is 11.6 Å². The first-order valence-corrected chi connectivity index (χ1v) is 9.46. The molecule has 27 heavy (non-hydrogen) atoms. The van der Waals surface area contributed by atoms with Crippen molar-refractivity contribution < 1.29 is 9.59 Å². The minimum absolute atomic E-state index is 0.0298. The number of rotatable bonds is 8. The van der Waals surface area contributed by atoms with E-state index in [0.29, 0.717) is 18.1 Å². The third-order valence-electron chi connectivity index (χ3n) is 4.24. The number of benzene rings is 2. The molecule has 2 aromatic rings. The maximum atomic E-state index is 12.4. The van der Waals surface area contributed by atoms with Gasteiger partial charge in [-0.3, -0.25) is 9.59 Å². The molecule has 0 aliphatic rings. The standard InChI is InChI=1S/C22H25ClN2O2/c1-3-17-5-7-18(8-6-17)11-14-22(27)25(4-2)16-21(26)24-15-19-9-12-20(23)13-10-19/h5-14H,3-4,15-16H2,1-2H3,(H,24,26)/b14-11+. The summed E-state index contributed by atoms with van der Waals surface area (Å²) in [6.45, 7) is 4.86. The number of aryl methyl sites for hydroxylation is 1. The van der Waals surface area contributed by atoms with Crippen molar-refractivity contribution in [1.82, 2.24) is 10.2 Å². The number of halogens is 1. The van der Waals surface area contributed by atoms with Crippen molar-refractivity contribution in [1.29, 1.82) is 0 Å². The van der Waals surface area contributed by atoms with Gasteiger partial charge in [0.2, 0.25) is 11.8 Å². The molecule has 0 aromatic heterocycles. The summed E-state index contributed by atoms with van der Waals surface area (Å²) >= 11 is 5.85. The van der Waals surface area contributed by atoms with Crippen LogP contribution in [0.25, 0.3) is 6.08 Å². The van der Waals surface area contributed by atoms with Crippen molar-refractivity contribution in [2.45, 2.75) is 26.8 Å². The van der Waals surface area contributed by atoms with Gasteiger partial charge in [-0.05, 0) is 48.2 Å². The van der Waals surface area contributed by atoms with E-state index in [1.54, 1.807) is 18.2 Å². The summed E-state index contributed by atoms with van der Waals surface area (Å²) in [6, 6.07) is 15.3. The zero-order chi connectivity index (χ0) is 19.6. The van der Waals surface area contributed by atoms with E-state index in [9.17, 15) is 9.59 Å². The highest BCUT2D eigenvalue weighted by Crippen LogP contribution is 2.09.